The second kappa shape index (κ2) is 9.61. The van der Waals surface area contributed by atoms with Crippen molar-refractivity contribution in [3.63, 3.8) is 0 Å². The molecule has 8 nitrogen and oxygen atoms in total. The van der Waals surface area contributed by atoms with Crippen molar-refractivity contribution in [1.29, 1.82) is 0 Å². The average Bonchev–Trinajstić information content (AvgIpc) is 3.33. The van der Waals surface area contributed by atoms with Gasteiger partial charge in [0, 0.05) is 43.8 Å². The van der Waals surface area contributed by atoms with E-state index in [0.29, 0.717) is 37.2 Å². The number of hydrogen-bond donors (Lipinski definition) is 2. The van der Waals surface area contributed by atoms with Crippen LogP contribution in [0.2, 0.25) is 5.02 Å². The summed E-state index contributed by atoms with van der Waals surface area (Å²) in [6, 6.07) is 15.7. The molecule has 0 aliphatic carbocycles. The number of benzene rings is 2. The van der Waals surface area contributed by atoms with E-state index in [-0.39, 0.29) is 5.91 Å². The molecule has 1 aliphatic rings. The molecule has 4 rings (SSSR count). The number of hydrogen-bond acceptors (Lipinski definition) is 4. The molecule has 3 aromatic rings. The van der Waals surface area contributed by atoms with Gasteiger partial charge in [-0.25, -0.2) is 4.98 Å². The Hall–Kier alpha value is -3.39. The van der Waals surface area contributed by atoms with E-state index in [0.717, 1.165) is 29.1 Å². The molecule has 1 aromatic heterocycles. The topological polar surface area (TPSA) is 89.5 Å². The number of carbonyl (C=O) groups is 1. The minimum Gasteiger partial charge on any atom is -0.352 e. The highest BCUT2D eigenvalue weighted by Gasteiger charge is 2.25. The molecule has 2 aromatic carbocycles. The molecule has 9 heteroatoms. The number of guanidine groups is 1. The van der Waals surface area contributed by atoms with Crippen LogP contribution in [0.25, 0.3) is 11.4 Å². The van der Waals surface area contributed by atoms with E-state index < -0.39 is 0 Å². The first-order valence-electron chi connectivity index (χ1n) is 10.0. The summed E-state index contributed by atoms with van der Waals surface area (Å²) in [5.74, 6) is 1.52. The largest absolute Gasteiger partial charge is 0.352 e. The highest BCUT2D eigenvalue weighted by molar-refractivity contribution is 6.30. The number of aromatic nitrogens is 3. The molecule has 160 valence electrons. The fraction of sp³-hybridized carbons (Fsp3) is 0.273. The zero-order chi connectivity index (χ0) is 21.6. The Bertz CT molecular complexity index is 1050. The summed E-state index contributed by atoms with van der Waals surface area (Å²) in [4.78, 5) is 25.1. The summed E-state index contributed by atoms with van der Waals surface area (Å²) in [6.07, 6.45) is 1.49. The number of amides is 1. The van der Waals surface area contributed by atoms with Crippen molar-refractivity contribution in [1.82, 2.24) is 30.3 Å². The first kappa shape index (κ1) is 20.9. The van der Waals surface area contributed by atoms with E-state index >= 15 is 0 Å². The zero-order valence-electron chi connectivity index (χ0n) is 17.3. The van der Waals surface area contributed by atoms with E-state index in [4.69, 9.17) is 11.6 Å². The van der Waals surface area contributed by atoms with Gasteiger partial charge in [-0.05, 0) is 29.3 Å². The van der Waals surface area contributed by atoms with Crippen molar-refractivity contribution in [2.24, 2.45) is 4.99 Å². The molecule has 31 heavy (non-hydrogen) atoms. The van der Waals surface area contributed by atoms with Gasteiger partial charge in [0.25, 0.3) is 0 Å². The van der Waals surface area contributed by atoms with Gasteiger partial charge in [-0.15, -0.1) is 0 Å². The van der Waals surface area contributed by atoms with Crippen molar-refractivity contribution in [3.05, 3.63) is 71.0 Å². The number of aliphatic imine (C=N–C) groups is 1. The van der Waals surface area contributed by atoms with E-state index in [2.05, 4.69) is 31.6 Å². The van der Waals surface area contributed by atoms with Gasteiger partial charge in [-0.3, -0.25) is 14.9 Å². The molecular weight excluding hydrogens is 414 g/mol. The van der Waals surface area contributed by atoms with Gasteiger partial charge in [0.05, 0.1) is 6.54 Å². The van der Waals surface area contributed by atoms with Gasteiger partial charge in [-0.2, -0.15) is 5.10 Å². The lowest BCUT2D eigenvalue weighted by Crippen LogP contribution is -2.54. The molecule has 1 amide bonds. The molecule has 0 unspecified atom stereocenters. The average molecular weight is 438 g/mol. The van der Waals surface area contributed by atoms with Crippen molar-refractivity contribution in [2.75, 3.05) is 26.7 Å². The Balaban J connectivity index is 1.33. The molecule has 1 fully saturated rings. The van der Waals surface area contributed by atoms with Crippen LogP contribution in [0.3, 0.4) is 0 Å². The van der Waals surface area contributed by atoms with Gasteiger partial charge in [0.1, 0.15) is 6.33 Å². The van der Waals surface area contributed by atoms with Crippen LogP contribution >= 0.6 is 11.6 Å². The molecule has 2 N–H and O–H groups in total. The predicted molar refractivity (Wildman–Crippen MR) is 120 cm³/mol. The molecule has 1 saturated heterocycles. The Kier molecular flexibility index (Phi) is 6.47. The highest BCUT2D eigenvalue weighted by Crippen LogP contribution is 2.16. The Morgan fingerprint density at radius 1 is 1.19 bits per heavy atom. The SMILES string of the molecule is CN=C(NCc1cccc(-c2ncn[nH]2)c1)N1CCN(Cc2ccc(Cl)cc2)C(=O)C1. The maximum atomic E-state index is 12.7. The quantitative estimate of drug-likeness (QED) is 0.473. The van der Waals surface area contributed by atoms with Crippen molar-refractivity contribution in [2.45, 2.75) is 13.1 Å². The summed E-state index contributed by atoms with van der Waals surface area (Å²) in [5, 5.41) is 10.8. The molecule has 0 radical (unpaired) electrons. The molecule has 0 bridgehead atoms. The van der Waals surface area contributed by atoms with Crippen LogP contribution in [0.15, 0.2) is 59.9 Å². The number of rotatable bonds is 5. The Morgan fingerprint density at radius 3 is 2.74 bits per heavy atom. The third-order valence-electron chi connectivity index (χ3n) is 5.18. The summed E-state index contributed by atoms with van der Waals surface area (Å²) >= 11 is 5.95. The summed E-state index contributed by atoms with van der Waals surface area (Å²) < 4.78 is 0. The molecular formula is C22H24ClN7O. The number of halogens is 1. The van der Waals surface area contributed by atoms with Crippen LogP contribution in [0.5, 0.6) is 0 Å². The molecule has 1 aliphatic heterocycles. The number of H-pyrrole nitrogens is 1. The first-order valence-corrected chi connectivity index (χ1v) is 10.4. The third kappa shape index (κ3) is 5.21. The first-order chi connectivity index (χ1) is 15.1. The standard InChI is InChI=1S/C22H24ClN7O/c1-24-22(25-12-17-3-2-4-18(11-17)21-26-15-27-28-21)30-10-9-29(20(31)14-30)13-16-5-7-19(23)8-6-16/h2-8,11,15H,9-10,12-14H2,1H3,(H,24,25)(H,26,27,28). The monoisotopic (exact) mass is 437 g/mol. The zero-order valence-corrected chi connectivity index (χ0v) is 18.0. The summed E-state index contributed by atoms with van der Waals surface area (Å²) in [7, 11) is 1.73. The minimum atomic E-state index is 0.0801. The highest BCUT2D eigenvalue weighted by atomic mass is 35.5. The number of carbonyl (C=O) groups excluding carboxylic acids is 1. The lowest BCUT2D eigenvalue weighted by atomic mass is 10.1. The maximum Gasteiger partial charge on any atom is 0.242 e. The number of nitrogens with one attached hydrogen (secondary N) is 2. The third-order valence-corrected chi connectivity index (χ3v) is 5.43. The normalized spacial score (nSPS) is 14.8. The van der Waals surface area contributed by atoms with Crippen LogP contribution in [0, 0.1) is 0 Å². The number of piperazine rings is 1. The fourth-order valence-electron chi connectivity index (χ4n) is 3.55. The fourth-order valence-corrected chi connectivity index (χ4v) is 3.68. The second-order valence-electron chi connectivity index (χ2n) is 7.30. The van der Waals surface area contributed by atoms with E-state index in [9.17, 15) is 4.79 Å². The molecule has 0 saturated carbocycles. The van der Waals surface area contributed by atoms with Crippen LogP contribution in [0.4, 0.5) is 0 Å². The van der Waals surface area contributed by atoms with Crippen LogP contribution < -0.4 is 5.32 Å². The van der Waals surface area contributed by atoms with Crippen molar-refractivity contribution >= 4 is 23.5 Å². The lowest BCUT2D eigenvalue weighted by Gasteiger charge is -2.36. The van der Waals surface area contributed by atoms with Gasteiger partial charge >= 0.3 is 0 Å². The lowest BCUT2D eigenvalue weighted by molar-refractivity contribution is -0.135. The molecule has 0 atom stereocenters. The van der Waals surface area contributed by atoms with E-state index in [1.54, 1.807) is 7.05 Å². The van der Waals surface area contributed by atoms with Gasteiger partial charge in [-0.1, -0.05) is 41.9 Å². The summed E-state index contributed by atoms with van der Waals surface area (Å²) in [5.41, 5.74) is 3.13. The van der Waals surface area contributed by atoms with E-state index in [1.165, 1.54) is 6.33 Å². The van der Waals surface area contributed by atoms with E-state index in [1.807, 2.05) is 52.3 Å². The predicted octanol–water partition coefficient (Wildman–Crippen LogP) is 2.54. The van der Waals surface area contributed by atoms with Crippen LogP contribution in [0.1, 0.15) is 11.1 Å². The smallest absolute Gasteiger partial charge is 0.242 e. The Labute approximate surface area is 186 Å². The second-order valence-corrected chi connectivity index (χ2v) is 7.73. The molecule has 0 spiro atoms. The van der Waals surface area contributed by atoms with Crippen LogP contribution in [-0.2, 0) is 17.9 Å². The maximum absolute atomic E-state index is 12.7. The number of aromatic amines is 1. The van der Waals surface area contributed by atoms with Gasteiger partial charge in [0.2, 0.25) is 5.91 Å². The minimum absolute atomic E-state index is 0.0801. The number of nitrogens with zero attached hydrogens (tertiary/aromatic N) is 5. The summed E-state index contributed by atoms with van der Waals surface area (Å²) in [6.45, 7) is 2.84. The Morgan fingerprint density at radius 2 is 2.03 bits per heavy atom. The van der Waals surface area contributed by atoms with Crippen LogP contribution in [-0.4, -0.2) is 63.5 Å². The molecule has 2 heterocycles. The van der Waals surface area contributed by atoms with Crippen molar-refractivity contribution in [3.8, 4) is 11.4 Å². The van der Waals surface area contributed by atoms with Gasteiger partial charge in [0.15, 0.2) is 11.8 Å². The van der Waals surface area contributed by atoms with Gasteiger partial charge < -0.3 is 15.1 Å². The van der Waals surface area contributed by atoms with Crippen molar-refractivity contribution < 1.29 is 4.79 Å².